The molecule has 1 N–H and O–H groups in total. The highest BCUT2D eigenvalue weighted by Gasteiger charge is 2.47. The fourth-order valence-corrected chi connectivity index (χ4v) is 5.26. The first kappa shape index (κ1) is 19.0. The van der Waals surface area contributed by atoms with Gasteiger partial charge in [0.1, 0.15) is 5.75 Å². The van der Waals surface area contributed by atoms with E-state index in [1.807, 2.05) is 48.3 Å². The number of amides is 1. The van der Waals surface area contributed by atoms with Crippen LogP contribution in [0.3, 0.4) is 0 Å². The number of rotatable bonds is 4. The lowest BCUT2D eigenvalue weighted by molar-refractivity contribution is 0.0479. The summed E-state index contributed by atoms with van der Waals surface area (Å²) in [5.41, 5.74) is 2.24. The van der Waals surface area contributed by atoms with Crippen LogP contribution in [0.25, 0.3) is 0 Å². The number of piperidine rings is 1. The molecular formula is C24H30N2O2. The van der Waals surface area contributed by atoms with Crippen molar-refractivity contribution in [2.24, 2.45) is 5.92 Å². The molecule has 4 rings (SSSR count). The van der Waals surface area contributed by atoms with Crippen molar-refractivity contribution in [2.45, 2.75) is 37.1 Å². The van der Waals surface area contributed by atoms with Gasteiger partial charge in [0.25, 0.3) is 5.91 Å². The second-order valence-corrected chi connectivity index (χ2v) is 8.26. The molecule has 1 saturated carbocycles. The quantitative estimate of drug-likeness (QED) is 0.878. The summed E-state index contributed by atoms with van der Waals surface area (Å²) in [6.45, 7) is 2.08. The van der Waals surface area contributed by atoms with Gasteiger partial charge < -0.3 is 15.0 Å². The lowest BCUT2D eigenvalue weighted by Gasteiger charge is -2.52. The Morgan fingerprint density at radius 2 is 1.96 bits per heavy atom. The molecule has 1 aliphatic heterocycles. The van der Waals surface area contributed by atoms with E-state index >= 15 is 0 Å². The molecule has 4 heteroatoms. The van der Waals surface area contributed by atoms with Gasteiger partial charge in [0.2, 0.25) is 0 Å². The van der Waals surface area contributed by atoms with Gasteiger partial charge in [-0.2, -0.15) is 0 Å². The summed E-state index contributed by atoms with van der Waals surface area (Å²) in [5, 5.41) is 3.59. The van der Waals surface area contributed by atoms with Gasteiger partial charge in [-0.3, -0.25) is 4.79 Å². The van der Waals surface area contributed by atoms with E-state index in [1.165, 1.54) is 5.56 Å². The third kappa shape index (κ3) is 3.42. The molecule has 148 valence electrons. The van der Waals surface area contributed by atoms with Gasteiger partial charge in [-0.15, -0.1) is 0 Å². The zero-order valence-electron chi connectivity index (χ0n) is 16.9. The number of hydrogen-bond donors (Lipinski definition) is 1. The fourth-order valence-electron chi connectivity index (χ4n) is 5.26. The molecule has 4 nitrogen and oxygen atoms in total. The highest BCUT2D eigenvalue weighted by Crippen LogP contribution is 2.49. The summed E-state index contributed by atoms with van der Waals surface area (Å²) < 4.78 is 5.51. The smallest absolute Gasteiger partial charge is 0.253 e. The van der Waals surface area contributed by atoms with Crippen molar-refractivity contribution in [3.8, 4) is 5.75 Å². The van der Waals surface area contributed by atoms with Crippen LogP contribution in [-0.4, -0.2) is 44.1 Å². The van der Waals surface area contributed by atoms with Crippen LogP contribution in [0.1, 0.15) is 41.6 Å². The molecule has 1 amide bonds. The first-order chi connectivity index (χ1) is 13.6. The Balaban J connectivity index is 1.63. The predicted molar refractivity (Wildman–Crippen MR) is 112 cm³/mol. The van der Waals surface area contributed by atoms with E-state index in [2.05, 4.69) is 23.5 Å². The Bertz CT molecular complexity index is 822. The maximum absolute atomic E-state index is 13.0. The highest BCUT2D eigenvalue weighted by atomic mass is 16.5. The number of nitrogens with one attached hydrogen (secondary N) is 1. The molecule has 2 aliphatic rings. The summed E-state index contributed by atoms with van der Waals surface area (Å²) in [6.07, 6.45) is 4.32. The van der Waals surface area contributed by atoms with Gasteiger partial charge in [0, 0.05) is 24.1 Å². The van der Waals surface area contributed by atoms with E-state index in [-0.39, 0.29) is 17.4 Å². The summed E-state index contributed by atoms with van der Waals surface area (Å²) in [6, 6.07) is 18.5. The SMILES string of the molecule is COc1cccc(C23CCNCC2CC[C@H](N(C)C(=O)c2ccccc2)C3)c1. The minimum absolute atomic E-state index is 0.105. The van der Waals surface area contributed by atoms with E-state index in [9.17, 15) is 4.79 Å². The molecule has 1 heterocycles. The first-order valence-electron chi connectivity index (χ1n) is 10.3. The number of carbonyl (C=O) groups excluding carboxylic acids is 1. The van der Waals surface area contributed by atoms with Gasteiger partial charge in [-0.1, -0.05) is 30.3 Å². The molecule has 0 bridgehead atoms. The van der Waals surface area contributed by atoms with Crippen LogP contribution < -0.4 is 10.1 Å². The van der Waals surface area contributed by atoms with E-state index < -0.39 is 0 Å². The molecule has 3 atom stereocenters. The fraction of sp³-hybridized carbons (Fsp3) is 0.458. The van der Waals surface area contributed by atoms with Gasteiger partial charge in [-0.25, -0.2) is 0 Å². The molecule has 0 radical (unpaired) electrons. The summed E-state index contributed by atoms with van der Waals surface area (Å²) in [5.74, 6) is 1.64. The van der Waals surface area contributed by atoms with Gasteiger partial charge in [-0.05, 0) is 74.5 Å². The average molecular weight is 379 g/mol. The molecule has 0 aromatic heterocycles. The topological polar surface area (TPSA) is 41.6 Å². The molecule has 1 saturated heterocycles. The van der Waals surface area contributed by atoms with Crippen molar-refractivity contribution in [1.82, 2.24) is 10.2 Å². The average Bonchev–Trinajstić information content (AvgIpc) is 2.78. The van der Waals surface area contributed by atoms with Crippen LogP contribution in [0, 0.1) is 5.92 Å². The number of benzene rings is 2. The van der Waals surface area contributed by atoms with Crippen molar-refractivity contribution in [2.75, 3.05) is 27.2 Å². The zero-order valence-corrected chi connectivity index (χ0v) is 16.9. The third-order valence-corrected chi connectivity index (χ3v) is 6.90. The molecule has 2 aromatic carbocycles. The standard InChI is InChI=1S/C24H30N2O2/c1-26(23(27)18-7-4-3-5-8-18)21-12-11-20-17-25-14-13-24(20,16-21)19-9-6-10-22(15-19)28-2/h3-10,15,20-21,25H,11-14,16-17H2,1-2H3/t20?,21-,24?/m0/s1. The summed E-state index contributed by atoms with van der Waals surface area (Å²) in [7, 11) is 3.70. The molecule has 2 aromatic rings. The highest BCUT2D eigenvalue weighted by molar-refractivity contribution is 5.94. The van der Waals surface area contributed by atoms with E-state index in [4.69, 9.17) is 4.74 Å². The van der Waals surface area contributed by atoms with Gasteiger partial charge in [0.15, 0.2) is 0 Å². The summed E-state index contributed by atoms with van der Waals surface area (Å²) in [4.78, 5) is 15.0. The Kier molecular flexibility index (Phi) is 5.40. The van der Waals surface area contributed by atoms with Crippen LogP contribution in [-0.2, 0) is 5.41 Å². The zero-order chi connectivity index (χ0) is 19.6. The lowest BCUT2D eigenvalue weighted by Crippen LogP contribution is -2.55. The third-order valence-electron chi connectivity index (χ3n) is 6.90. The Labute approximate surface area is 167 Å². The lowest BCUT2D eigenvalue weighted by atomic mass is 9.58. The van der Waals surface area contributed by atoms with Crippen molar-refractivity contribution >= 4 is 5.91 Å². The van der Waals surface area contributed by atoms with Crippen LogP contribution in [0.5, 0.6) is 5.75 Å². The second kappa shape index (κ2) is 7.96. The van der Waals surface area contributed by atoms with Gasteiger partial charge in [0.05, 0.1) is 7.11 Å². The maximum Gasteiger partial charge on any atom is 0.253 e. The van der Waals surface area contributed by atoms with Gasteiger partial charge >= 0.3 is 0 Å². The summed E-state index contributed by atoms with van der Waals surface area (Å²) >= 11 is 0. The molecular weight excluding hydrogens is 348 g/mol. The van der Waals surface area contributed by atoms with Crippen molar-refractivity contribution in [3.63, 3.8) is 0 Å². The maximum atomic E-state index is 13.0. The molecule has 0 spiro atoms. The molecule has 28 heavy (non-hydrogen) atoms. The monoisotopic (exact) mass is 378 g/mol. The molecule has 1 aliphatic carbocycles. The van der Waals surface area contributed by atoms with Crippen molar-refractivity contribution in [1.29, 1.82) is 0 Å². The minimum atomic E-state index is 0.105. The van der Waals surface area contributed by atoms with E-state index in [1.54, 1.807) is 7.11 Å². The molecule has 2 fully saturated rings. The number of hydrogen-bond acceptors (Lipinski definition) is 3. The number of ether oxygens (including phenoxy) is 1. The number of methoxy groups -OCH3 is 1. The number of carbonyl (C=O) groups is 1. The molecule has 2 unspecified atom stereocenters. The Hall–Kier alpha value is -2.33. The van der Waals surface area contributed by atoms with Crippen LogP contribution in [0.4, 0.5) is 0 Å². The van der Waals surface area contributed by atoms with Crippen molar-refractivity contribution < 1.29 is 9.53 Å². The Morgan fingerprint density at radius 3 is 2.75 bits per heavy atom. The van der Waals surface area contributed by atoms with Crippen LogP contribution >= 0.6 is 0 Å². The largest absolute Gasteiger partial charge is 0.497 e. The minimum Gasteiger partial charge on any atom is -0.497 e. The second-order valence-electron chi connectivity index (χ2n) is 8.26. The normalized spacial score (nSPS) is 26.9. The number of fused-ring (bicyclic) bond motifs is 1. The predicted octanol–water partition coefficient (Wildman–Crippen LogP) is 3.87. The Morgan fingerprint density at radius 1 is 1.14 bits per heavy atom. The van der Waals surface area contributed by atoms with E-state index in [0.29, 0.717) is 5.92 Å². The number of nitrogens with zero attached hydrogens (tertiary/aromatic N) is 1. The first-order valence-corrected chi connectivity index (χ1v) is 10.3. The van der Waals surface area contributed by atoms with E-state index in [0.717, 1.165) is 50.1 Å². The van der Waals surface area contributed by atoms with Crippen LogP contribution in [0.15, 0.2) is 54.6 Å². The van der Waals surface area contributed by atoms with Crippen LogP contribution in [0.2, 0.25) is 0 Å². The van der Waals surface area contributed by atoms with Crippen molar-refractivity contribution in [3.05, 3.63) is 65.7 Å².